The Bertz CT molecular complexity index is 1500. The van der Waals surface area contributed by atoms with Crippen LogP contribution in [0.4, 0.5) is 0 Å². The van der Waals surface area contributed by atoms with Gasteiger partial charge in [0.15, 0.2) is 0 Å². The summed E-state index contributed by atoms with van der Waals surface area (Å²) in [6.07, 6.45) is 10.7. The second-order valence-corrected chi connectivity index (χ2v) is 8.83. The van der Waals surface area contributed by atoms with Crippen molar-refractivity contribution in [3.05, 3.63) is 133 Å². The molecule has 4 aromatic carbocycles. The van der Waals surface area contributed by atoms with E-state index >= 15 is 0 Å². The predicted octanol–water partition coefficient (Wildman–Crippen LogP) is 2.28. The quantitative estimate of drug-likeness (QED) is 0.278. The molecule has 6 aromatic rings. The van der Waals surface area contributed by atoms with E-state index in [2.05, 4.69) is 9.97 Å². The zero-order chi connectivity index (χ0) is 28.7. The molecule has 0 spiro atoms. The van der Waals surface area contributed by atoms with Crippen molar-refractivity contribution in [1.82, 2.24) is 19.1 Å². The zero-order valence-electron chi connectivity index (χ0n) is 23.2. The SMILES string of the molecule is Cn1ccnc1.Cn1ccnc1.O.O=C([O-])Cc1cccc2ccccc12.O=C([O-])Cc1cccc2ccccc12.[Cu+2]. The van der Waals surface area contributed by atoms with Gasteiger partial charge in [0, 0.05) is 63.7 Å². The van der Waals surface area contributed by atoms with E-state index in [1.165, 1.54) is 0 Å². The standard InChI is InChI=1S/2C12H10O2.2C4H6N2.Cu.H2O/c2*13-12(14)8-10-6-3-5-9-4-1-2-7-11(9)10;2*1-6-3-2-5-4-6;;/h2*1-7H,8H2,(H,13,14);2*2-4H,1H3;;1H2/q;;;;+2;/p-2. The maximum absolute atomic E-state index is 10.5. The zero-order valence-corrected chi connectivity index (χ0v) is 24.1. The molecule has 6 rings (SSSR count). The molecule has 10 heteroatoms. The first-order chi connectivity index (χ1) is 19.3. The maximum Gasteiger partial charge on any atom is 2.00 e. The van der Waals surface area contributed by atoms with Crippen LogP contribution in [0.2, 0.25) is 0 Å². The van der Waals surface area contributed by atoms with Gasteiger partial charge >= 0.3 is 17.1 Å². The second-order valence-electron chi connectivity index (χ2n) is 8.83. The van der Waals surface area contributed by atoms with E-state index in [1.807, 2.05) is 121 Å². The van der Waals surface area contributed by atoms with Crippen LogP contribution in [-0.4, -0.2) is 36.5 Å². The van der Waals surface area contributed by atoms with Crippen LogP contribution in [0.1, 0.15) is 11.1 Å². The molecule has 0 fully saturated rings. The van der Waals surface area contributed by atoms with E-state index in [0.29, 0.717) is 0 Å². The van der Waals surface area contributed by atoms with E-state index in [1.54, 1.807) is 25.0 Å². The molecule has 0 unspecified atom stereocenters. The number of aromatic nitrogens is 4. The van der Waals surface area contributed by atoms with Crippen LogP contribution >= 0.6 is 0 Å². The number of carboxylic acids is 2. The molecule has 221 valence electrons. The molecular formula is C32H32CuN4O5. The topological polar surface area (TPSA) is 147 Å². The van der Waals surface area contributed by atoms with Gasteiger partial charge in [0.05, 0.1) is 12.7 Å². The third-order valence-corrected chi connectivity index (χ3v) is 5.70. The number of nitrogens with zero attached hydrogens (tertiary/aromatic N) is 4. The largest absolute Gasteiger partial charge is 2.00 e. The number of carbonyl (C=O) groups excluding carboxylic acids is 2. The van der Waals surface area contributed by atoms with Crippen LogP contribution in [0.15, 0.2) is 122 Å². The first-order valence-electron chi connectivity index (χ1n) is 12.5. The first-order valence-corrected chi connectivity index (χ1v) is 12.5. The monoisotopic (exact) mass is 615 g/mol. The molecule has 9 nitrogen and oxygen atoms in total. The number of hydrogen-bond donors (Lipinski definition) is 0. The van der Waals surface area contributed by atoms with Gasteiger partial charge in [0.25, 0.3) is 0 Å². The number of rotatable bonds is 4. The van der Waals surface area contributed by atoms with Gasteiger partial charge in [-0.15, -0.1) is 0 Å². The van der Waals surface area contributed by atoms with Crippen molar-refractivity contribution in [2.24, 2.45) is 14.1 Å². The van der Waals surface area contributed by atoms with Crippen LogP contribution in [0.3, 0.4) is 0 Å². The number of carbonyl (C=O) groups is 2. The minimum absolute atomic E-state index is 0. The number of fused-ring (bicyclic) bond motifs is 2. The summed E-state index contributed by atoms with van der Waals surface area (Å²) in [6.45, 7) is 0. The average molecular weight is 616 g/mol. The smallest absolute Gasteiger partial charge is 0.550 e. The Labute approximate surface area is 254 Å². The predicted molar refractivity (Wildman–Crippen MR) is 155 cm³/mol. The average Bonchev–Trinajstić information content (AvgIpc) is 3.63. The molecule has 0 aliphatic heterocycles. The number of benzene rings is 4. The summed E-state index contributed by atoms with van der Waals surface area (Å²) in [5.74, 6) is -2.08. The Hall–Kier alpha value is -4.76. The summed E-state index contributed by atoms with van der Waals surface area (Å²) >= 11 is 0. The van der Waals surface area contributed by atoms with Crippen molar-refractivity contribution >= 4 is 33.5 Å². The molecule has 1 radical (unpaired) electrons. The summed E-state index contributed by atoms with van der Waals surface area (Å²) in [6, 6.07) is 26.8. The Morgan fingerprint density at radius 3 is 1.26 bits per heavy atom. The van der Waals surface area contributed by atoms with Crippen molar-refractivity contribution in [2.75, 3.05) is 0 Å². The molecule has 0 bridgehead atoms. The third kappa shape index (κ3) is 11.8. The molecule has 0 amide bonds. The molecule has 0 atom stereocenters. The van der Waals surface area contributed by atoms with Crippen molar-refractivity contribution < 1.29 is 42.3 Å². The summed E-state index contributed by atoms with van der Waals surface area (Å²) in [5, 5.41) is 25.1. The molecule has 0 saturated heterocycles. The summed E-state index contributed by atoms with van der Waals surface area (Å²) < 4.78 is 3.78. The minimum Gasteiger partial charge on any atom is -0.550 e. The van der Waals surface area contributed by atoms with Gasteiger partial charge < -0.3 is 34.4 Å². The fourth-order valence-corrected chi connectivity index (χ4v) is 3.86. The van der Waals surface area contributed by atoms with Gasteiger partial charge in [-0.3, -0.25) is 0 Å². The number of imidazole rings is 2. The molecule has 2 N–H and O–H groups in total. The molecule has 0 aliphatic rings. The Morgan fingerprint density at radius 2 is 0.976 bits per heavy atom. The van der Waals surface area contributed by atoms with Gasteiger partial charge in [-0.25, -0.2) is 9.97 Å². The van der Waals surface area contributed by atoms with Gasteiger partial charge in [0.1, 0.15) is 0 Å². The van der Waals surface area contributed by atoms with Gasteiger partial charge in [-0.1, -0.05) is 84.9 Å². The van der Waals surface area contributed by atoms with Crippen LogP contribution in [0, 0.1) is 0 Å². The van der Waals surface area contributed by atoms with E-state index in [9.17, 15) is 19.8 Å². The number of carboxylic acid groups (broad SMARTS) is 2. The van der Waals surface area contributed by atoms with E-state index in [0.717, 1.165) is 32.7 Å². The third-order valence-electron chi connectivity index (χ3n) is 5.70. The van der Waals surface area contributed by atoms with Gasteiger partial charge in [-0.2, -0.15) is 0 Å². The fraction of sp³-hybridized carbons (Fsp3) is 0.125. The Morgan fingerprint density at radius 1 is 0.619 bits per heavy atom. The summed E-state index contributed by atoms with van der Waals surface area (Å²) in [7, 11) is 3.88. The molecule has 2 aromatic heterocycles. The maximum atomic E-state index is 10.5. The number of aryl methyl sites for hydroxylation is 2. The van der Waals surface area contributed by atoms with Crippen molar-refractivity contribution in [1.29, 1.82) is 0 Å². The van der Waals surface area contributed by atoms with Crippen LogP contribution in [-0.2, 0) is 53.6 Å². The second kappa shape index (κ2) is 18.6. The minimum atomic E-state index is -1.04. The number of hydrogen-bond acceptors (Lipinski definition) is 6. The van der Waals surface area contributed by atoms with Gasteiger partial charge in [-0.05, 0) is 32.7 Å². The normalized spacial score (nSPS) is 9.38. The summed E-state index contributed by atoms with van der Waals surface area (Å²) in [5.41, 5.74) is 1.62. The fourth-order valence-electron chi connectivity index (χ4n) is 3.86. The van der Waals surface area contributed by atoms with E-state index in [-0.39, 0.29) is 35.4 Å². The van der Waals surface area contributed by atoms with Crippen LogP contribution < -0.4 is 10.2 Å². The van der Waals surface area contributed by atoms with Crippen molar-refractivity contribution in [2.45, 2.75) is 12.8 Å². The molecule has 0 aliphatic carbocycles. The van der Waals surface area contributed by atoms with Crippen molar-refractivity contribution in [3.8, 4) is 0 Å². The Kier molecular flexibility index (Phi) is 15.6. The Balaban J connectivity index is 0.000000295. The first kappa shape index (κ1) is 35.3. The molecule has 42 heavy (non-hydrogen) atoms. The van der Waals surface area contributed by atoms with E-state index < -0.39 is 11.9 Å². The number of aliphatic carboxylic acids is 2. The van der Waals surface area contributed by atoms with E-state index in [4.69, 9.17) is 0 Å². The molecular weight excluding hydrogens is 584 g/mol. The van der Waals surface area contributed by atoms with Crippen molar-refractivity contribution in [3.63, 3.8) is 0 Å². The van der Waals surface area contributed by atoms with Crippen LogP contribution in [0.5, 0.6) is 0 Å². The summed E-state index contributed by atoms with van der Waals surface area (Å²) in [4.78, 5) is 28.6. The molecule has 2 heterocycles. The van der Waals surface area contributed by atoms with Gasteiger partial charge in [0.2, 0.25) is 0 Å². The van der Waals surface area contributed by atoms with Crippen LogP contribution in [0.25, 0.3) is 21.5 Å². The molecule has 0 saturated carbocycles.